The number of carbonyl (C=O) groups is 1. The average molecular weight is 383 g/mol. The first kappa shape index (κ1) is 17.1. The number of imidazole rings is 1. The fourth-order valence-electron chi connectivity index (χ4n) is 2.77. The third-order valence-corrected chi connectivity index (χ3v) is 7.22. The summed E-state index contributed by atoms with van der Waals surface area (Å²) in [6.45, 7) is 0. The maximum Gasteiger partial charge on any atom is 0.330 e. The van der Waals surface area contributed by atoms with E-state index in [-0.39, 0.29) is 11.6 Å². The highest BCUT2D eigenvalue weighted by Gasteiger charge is 2.18. The number of nitrogens with one attached hydrogen (secondary N) is 2. The van der Waals surface area contributed by atoms with Crippen LogP contribution in [-0.2, 0) is 0 Å². The van der Waals surface area contributed by atoms with Gasteiger partial charge < -0.3 is 10.3 Å². The van der Waals surface area contributed by atoms with Gasteiger partial charge in [0.2, 0.25) is 0 Å². The number of aromatic amines is 1. The van der Waals surface area contributed by atoms with E-state index in [1.165, 1.54) is 21.6 Å². The topological polar surface area (TPSA) is 66.9 Å². The highest BCUT2D eigenvalue weighted by molar-refractivity contribution is 8.19. The molecule has 0 saturated carbocycles. The Kier molecular flexibility index (Phi) is 4.90. The minimum atomic E-state index is -0.194. The van der Waals surface area contributed by atoms with Crippen LogP contribution in [0.5, 0.6) is 0 Å². The molecule has 2 heterocycles. The maximum atomic E-state index is 12.4. The van der Waals surface area contributed by atoms with Crippen LogP contribution >= 0.6 is 23.5 Å². The largest absolute Gasteiger partial charge is 0.330 e. The number of amides is 1. The number of carbonyl (C=O) groups excluding carboxylic acids is 1. The SMILES string of the molecule is O=C(Nc1ccc(-n2cc[nH]c2=O)cc1)c1ccc(C2SCCS2)cc1. The molecular formula is C19H17N3O2S2. The molecule has 2 aromatic carbocycles. The van der Waals surface area contributed by atoms with E-state index in [2.05, 4.69) is 10.3 Å². The van der Waals surface area contributed by atoms with Crippen LogP contribution in [0.2, 0.25) is 0 Å². The molecule has 1 aromatic heterocycles. The molecule has 4 rings (SSSR count). The maximum absolute atomic E-state index is 12.4. The highest BCUT2D eigenvalue weighted by atomic mass is 32.2. The molecule has 0 bridgehead atoms. The molecule has 1 aliphatic heterocycles. The predicted molar refractivity (Wildman–Crippen MR) is 108 cm³/mol. The summed E-state index contributed by atoms with van der Waals surface area (Å²) in [6.07, 6.45) is 3.25. The second kappa shape index (κ2) is 7.47. The molecule has 5 nitrogen and oxygen atoms in total. The normalized spacial score (nSPS) is 14.5. The Morgan fingerprint density at radius 1 is 1.04 bits per heavy atom. The molecule has 2 N–H and O–H groups in total. The van der Waals surface area contributed by atoms with E-state index in [1.54, 1.807) is 36.7 Å². The van der Waals surface area contributed by atoms with E-state index in [0.29, 0.717) is 15.8 Å². The third-order valence-electron chi connectivity index (χ3n) is 4.12. The molecule has 1 amide bonds. The van der Waals surface area contributed by atoms with E-state index in [4.69, 9.17) is 0 Å². The molecule has 0 atom stereocenters. The van der Waals surface area contributed by atoms with Crippen LogP contribution in [0, 0.1) is 0 Å². The van der Waals surface area contributed by atoms with Gasteiger partial charge in [0.1, 0.15) is 0 Å². The predicted octanol–water partition coefficient (Wildman–Crippen LogP) is 3.90. The van der Waals surface area contributed by atoms with Crippen molar-refractivity contribution in [2.24, 2.45) is 0 Å². The van der Waals surface area contributed by atoms with Crippen LogP contribution < -0.4 is 11.0 Å². The van der Waals surface area contributed by atoms with Gasteiger partial charge in [-0.15, -0.1) is 23.5 Å². The summed E-state index contributed by atoms with van der Waals surface area (Å²) in [4.78, 5) is 26.7. The van der Waals surface area contributed by atoms with Crippen LogP contribution in [0.15, 0.2) is 65.7 Å². The summed E-state index contributed by atoms with van der Waals surface area (Å²) >= 11 is 3.90. The van der Waals surface area contributed by atoms with Crippen molar-refractivity contribution in [1.29, 1.82) is 0 Å². The van der Waals surface area contributed by atoms with Crippen molar-refractivity contribution in [3.63, 3.8) is 0 Å². The summed E-state index contributed by atoms with van der Waals surface area (Å²) in [5, 5.41) is 2.89. The van der Waals surface area contributed by atoms with Gasteiger partial charge in [-0.1, -0.05) is 12.1 Å². The van der Waals surface area contributed by atoms with Gasteiger partial charge in [0.05, 0.1) is 10.3 Å². The first-order valence-electron chi connectivity index (χ1n) is 8.22. The molecule has 0 radical (unpaired) electrons. The average Bonchev–Trinajstić information content (AvgIpc) is 3.34. The molecular weight excluding hydrogens is 366 g/mol. The zero-order valence-electron chi connectivity index (χ0n) is 13.8. The third kappa shape index (κ3) is 3.59. The number of anilines is 1. The number of aromatic nitrogens is 2. The smallest absolute Gasteiger partial charge is 0.322 e. The van der Waals surface area contributed by atoms with Gasteiger partial charge in [0.15, 0.2) is 0 Å². The molecule has 0 unspecified atom stereocenters. The molecule has 1 fully saturated rings. The number of rotatable bonds is 4. The lowest BCUT2D eigenvalue weighted by atomic mass is 10.1. The quantitative estimate of drug-likeness (QED) is 0.717. The van der Waals surface area contributed by atoms with Crippen LogP contribution in [0.1, 0.15) is 20.5 Å². The molecule has 1 aliphatic rings. The lowest BCUT2D eigenvalue weighted by Crippen LogP contribution is -2.14. The fraction of sp³-hybridized carbons (Fsp3) is 0.158. The summed E-state index contributed by atoms with van der Waals surface area (Å²) in [7, 11) is 0. The molecule has 1 saturated heterocycles. The number of hydrogen-bond acceptors (Lipinski definition) is 4. The van der Waals surface area contributed by atoms with Crippen LogP contribution in [0.3, 0.4) is 0 Å². The number of thioether (sulfide) groups is 2. The fourth-order valence-corrected chi connectivity index (χ4v) is 5.63. The van der Waals surface area contributed by atoms with E-state index >= 15 is 0 Å². The minimum Gasteiger partial charge on any atom is -0.322 e. The van der Waals surface area contributed by atoms with Crippen molar-refractivity contribution in [3.05, 3.63) is 82.5 Å². The van der Waals surface area contributed by atoms with Gasteiger partial charge in [-0.05, 0) is 42.0 Å². The zero-order valence-corrected chi connectivity index (χ0v) is 15.5. The van der Waals surface area contributed by atoms with Crippen molar-refractivity contribution in [1.82, 2.24) is 9.55 Å². The molecule has 132 valence electrons. The van der Waals surface area contributed by atoms with E-state index in [0.717, 1.165) is 5.69 Å². The summed E-state index contributed by atoms with van der Waals surface area (Å²) in [5.41, 5.74) is 3.13. The monoisotopic (exact) mass is 383 g/mol. The number of benzene rings is 2. The van der Waals surface area contributed by atoms with Gasteiger partial charge in [-0.3, -0.25) is 9.36 Å². The van der Waals surface area contributed by atoms with E-state index < -0.39 is 0 Å². The summed E-state index contributed by atoms with van der Waals surface area (Å²) < 4.78 is 1.99. The lowest BCUT2D eigenvalue weighted by molar-refractivity contribution is 0.102. The van der Waals surface area contributed by atoms with Crippen LogP contribution in [0.25, 0.3) is 5.69 Å². The Balaban J connectivity index is 1.44. The number of hydrogen-bond donors (Lipinski definition) is 2. The van der Waals surface area contributed by atoms with Crippen molar-refractivity contribution in [2.45, 2.75) is 4.58 Å². The van der Waals surface area contributed by atoms with Gasteiger partial charge in [0.25, 0.3) is 5.91 Å². The van der Waals surface area contributed by atoms with Gasteiger partial charge in [0, 0.05) is 35.2 Å². The van der Waals surface area contributed by atoms with E-state index in [9.17, 15) is 9.59 Å². The second-order valence-corrected chi connectivity index (χ2v) is 8.56. The lowest BCUT2D eigenvalue weighted by Gasteiger charge is -2.10. The first-order chi connectivity index (χ1) is 12.7. The second-order valence-electron chi connectivity index (χ2n) is 5.83. The Labute approximate surface area is 159 Å². The Morgan fingerprint density at radius 2 is 1.73 bits per heavy atom. The number of H-pyrrole nitrogens is 1. The van der Waals surface area contributed by atoms with Crippen LogP contribution in [0.4, 0.5) is 5.69 Å². The summed E-state index contributed by atoms with van der Waals surface area (Å²) in [5.74, 6) is 2.22. The highest BCUT2D eigenvalue weighted by Crippen LogP contribution is 2.45. The number of nitrogens with zero attached hydrogens (tertiary/aromatic N) is 1. The van der Waals surface area contributed by atoms with Crippen molar-refractivity contribution in [2.75, 3.05) is 16.8 Å². The Hall–Kier alpha value is -2.38. The van der Waals surface area contributed by atoms with Crippen LogP contribution in [-0.4, -0.2) is 27.0 Å². The van der Waals surface area contributed by atoms with Gasteiger partial charge >= 0.3 is 5.69 Å². The van der Waals surface area contributed by atoms with Crippen molar-refractivity contribution >= 4 is 35.1 Å². The van der Waals surface area contributed by atoms with Gasteiger partial charge in [-0.25, -0.2) is 4.79 Å². The van der Waals surface area contributed by atoms with E-state index in [1.807, 2.05) is 47.8 Å². The molecule has 7 heteroatoms. The Morgan fingerprint density at radius 3 is 2.35 bits per heavy atom. The minimum absolute atomic E-state index is 0.144. The molecule has 26 heavy (non-hydrogen) atoms. The zero-order chi connectivity index (χ0) is 17.9. The summed E-state index contributed by atoms with van der Waals surface area (Å²) in [6, 6.07) is 15.0. The van der Waals surface area contributed by atoms with Crippen molar-refractivity contribution < 1.29 is 4.79 Å². The molecule has 3 aromatic rings. The molecule has 0 spiro atoms. The van der Waals surface area contributed by atoms with Crippen molar-refractivity contribution in [3.8, 4) is 5.69 Å². The molecule has 0 aliphatic carbocycles. The van der Waals surface area contributed by atoms with Gasteiger partial charge in [-0.2, -0.15) is 0 Å². The standard InChI is InChI=1S/C19H17N3O2S2/c23-17(13-1-3-14(4-2-13)18-25-11-12-26-18)21-15-5-7-16(8-6-15)22-10-9-20-19(22)24/h1-10,18H,11-12H2,(H,20,24)(H,21,23). The Bertz CT molecular complexity index is 955. The first-order valence-corrected chi connectivity index (χ1v) is 10.3.